The molecule has 1 rings (SSSR count). The number of nitrogens with one attached hydrogen (secondary N) is 2. The van der Waals surface area contributed by atoms with Crippen molar-refractivity contribution in [2.75, 3.05) is 27.2 Å². The zero-order chi connectivity index (χ0) is 16.2. The van der Waals surface area contributed by atoms with E-state index in [4.69, 9.17) is 0 Å². The summed E-state index contributed by atoms with van der Waals surface area (Å²) >= 11 is 0. The van der Waals surface area contributed by atoms with Gasteiger partial charge in [0, 0.05) is 32.7 Å². The van der Waals surface area contributed by atoms with E-state index < -0.39 is 0 Å². The van der Waals surface area contributed by atoms with Crippen molar-refractivity contribution >= 4 is 29.9 Å². The van der Waals surface area contributed by atoms with Gasteiger partial charge >= 0.3 is 0 Å². The highest BCUT2D eigenvalue weighted by atomic mass is 127. The molecule has 0 amide bonds. The van der Waals surface area contributed by atoms with Gasteiger partial charge in [0.25, 0.3) is 0 Å². The SMILES string of the molecule is CCCCNC(=NC)NCCC(C)N(C)Cc1ccccc1.I. The molecule has 0 fully saturated rings. The Bertz CT molecular complexity index is 422. The summed E-state index contributed by atoms with van der Waals surface area (Å²) in [6.07, 6.45) is 3.47. The van der Waals surface area contributed by atoms with Crippen LogP contribution in [0.15, 0.2) is 35.3 Å². The summed E-state index contributed by atoms with van der Waals surface area (Å²) in [5.41, 5.74) is 1.36. The molecule has 0 aromatic heterocycles. The Balaban J connectivity index is 0.00000484. The van der Waals surface area contributed by atoms with Crippen LogP contribution in [0.1, 0.15) is 38.7 Å². The summed E-state index contributed by atoms with van der Waals surface area (Å²) in [7, 11) is 4.01. The monoisotopic (exact) mass is 432 g/mol. The van der Waals surface area contributed by atoms with Crippen LogP contribution in [0.3, 0.4) is 0 Å². The first-order valence-corrected chi connectivity index (χ1v) is 8.36. The minimum atomic E-state index is 0. The van der Waals surface area contributed by atoms with Crippen LogP contribution < -0.4 is 10.6 Å². The third-order valence-electron chi connectivity index (χ3n) is 3.93. The van der Waals surface area contributed by atoms with Crippen LogP contribution in [0.2, 0.25) is 0 Å². The van der Waals surface area contributed by atoms with Crippen molar-refractivity contribution < 1.29 is 0 Å². The molecule has 0 bridgehead atoms. The molecule has 0 heterocycles. The highest BCUT2D eigenvalue weighted by Gasteiger charge is 2.09. The molecule has 0 saturated heterocycles. The maximum absolute atomic E-state index is 4.25. The molecular weight excluding hydrogens is 399 g/mol. The van der Waals surface area contributed by atoms with Gasteiger partial charge in [-0.15, -0.1) is 24.0 Å². The van der Waals surface area contributed by atoms with E-state index >= 15 is 0 Å². The lowest BCUT2D eigenvalue weighted by Gasteiger charge is -2.25. The molecule has 1 unspecified atom stereocenters. The summed E-state index contributed by atoms with van der Waals surface area (Å²) in [5.74, 6) is 0.909. The van der Waals surface area contributed by atoms with Gasteiger partial charge in [-0.05, 0) is 32.4 Å². The lowest BCUT2D eigenvalue weighted by molar-refractivity contribution is 0.238. The molecule has 2 N–H and O–H groups in total. The zero-order valence-electron chi connectivity index (χ0n) is 15.0. The van der Waals surface area contributed by atoms with Crippen LogP contribution in [0, 0.1) is 0 Å². The van der Waals surface area contributed by atoms with Gasteiger partial charge < -0.3 is 10.6 Å². The predicted molar refractivity (Wildman–Crippen MR) is 112 cm³/mol. The second kappa shape index (κ2) is 13.6. The van der Waals surface area contributed by atoms with Crippen molar-refractivity contribution in [3.63, 3.8) is 0 Å². The molecule has 0 aliphatic heterocycles. The van der Waals surface area contributed by atoms with Gasteiger partial charge in [-0.2, -0.15) is 0 Å². The molecule has 5 heteroatoms. The largest absolute Gasteiger partial charge is 0.356 e. The Hall–Kier alpha value is -0.820. The summed E-state index contributed by atoms with van der Waals surface area (Å²) in [4.78, 5) is 6.64. The molecule has 132 valence electrons. The quantitative estimate of drug-likeness (QED) is 0.272. The van der Waals surface area contributed by atoms with Gasteiger partial charge in [-0.25, -0.2) is 0 Å². The highest BCUT2D eigenvalue weighted by Crippen LogP contribution is 2.07. The fourth-order valence-electron chi connectivity index (χ4n) is 2.25. The van der Waals surface area contributed by atoms with Crippen molar-refractivity contribution in [2.24, 2.45) is 4.99 Å². The van der Waals surface area contributed by atoms with E-state index in [1.54, 1.807) is 0 Å². The normalized spacial score (nSPS) is 12.7. The summed E-state index contributed by atoms with van der Waals surface area (Å²) in [6, 6.07) is 11.2. The molecular formula is C18H33IN4. The third-order valence-corrected chi connectivity index (χ3v) is 3.93. The molecule has 0 radical (unpaired) electrons. The number of hydrogen-bond acceptors (Lipinski definition) is 2. The van der Waals surface area contributed by atoms with Crippen molar-refractivity contribution in [1.29, 1.82) is 0 Å². The fourth-order valence-corrected chi connectivity index (χ4v) is 2.25. The second-order valence-corrected chi connectivity index (χ2v) is 5.82. The van der Waals surface area contributed by atoms with Gasteiger partial charge in [-0.1, -0.05) is 43.7 Å². The number of unbranched alkanes of at least 4 members (excludes halogenated alkanes) is 1. The van der Waals surface area contributed by atoms with E-state index in [1.807, 2.05) is 7.05 Å². The third kappa shape index (κ3) is 9.81. The number of benzene rings is 1. The minimum Gasteiger partial charge on any atom is -0.356 e. The maximum Gasteiger partial charge on any atom is 0.190 e. The average Bonchev–Trinajstić information content (AvgIpc) is 2.54. The summed E-state index contributed by atoms with van der Waals surface area (Å²) in [6.45, 7) is 7.39. The molecule has 0 saturated carbocycles. The zero-order valence-corrected chi connectivity index (χ0v) is 17.3. The minimum absolute atomic E-state index is 0. The number of rotatable bonds is 9. The van der Waals surface area contributed by atoms with E-state index in [0.29, 0.717) is 6.04 Å². The van der Waals surface area contributed by atoms with Gasteiger partial charge in [0.1, 0.15) is 0 Å². The van der Waals surface area contributed by atoms with E-state index in [0.717, 1.165) is 32.0 Å². The Morgan fingerprint density at radius 3 is 2.43 bits per heavy atom. The first-order valence-electron chi connectivity index (χ1n) is 8.36. The lowest BCUT2D eigenvalue weighted by Crippen LogP contribution is -2.40. The maximum atomic E-state index is 4.25. The number of hydrogen-bond donors (Lipinski definition) is 2. The number of halogens is 1. The summed E-state index contributed by atoms with van der Waals surface area (Å²) < 4.78 is 0. The van der Waals surface area contributed by atoms with Crippen molar-refractivity contribution in [3.8, 4) is 0 Å². The van der Waals surface area contributed by atoms with Crippen LogP contribution in [0.4, 0.5) is 0 Å². The molecule has 1 aromatic carbocycles. The van der Waals surface area contributed by atoms with E-state index in [1.165, 1.54) is 18.4 Å². The van der Waals surface area contributed by atoms with Crippen molar-refractivity contribution in [3.05, 3.63) is 35.9 Å². The lowest BCUT2D eigenvalue weighted by atomic mass is 10.1. The number of nitrogens with zero attached hydrogens (tertiary/aromatic N) is 2. The fraction of sp³-hybridized carbons (Fsp3) is 0.611. The van der Waals surface area contributed by atoms with Gasteiger partial charge in [-0.3, -0.25) is 9.89 Å². The standard InChI is InChI=1S/C18H32N4.HI/c1-5-6-13-20-18(19-3)21-14-12-16(2)22(4)15-17-10-8-7-9-11-17;/h7-11,16H,5-6,12-15H2,1-4H3,(H2,19,20,21);1H. The molecule has 0 aliphatic carbocycles. The van der Waals surface area contributed by atoms with Crippen molar-refractivity contribution in [2.45, 2.75) is 45.7 Å². The van der Waals surface area contributed by atoms with Gasteiger partial charge in [0.2, 0.25) is 0 Å². The smallest absolute Gasteiger partial charge is 0.190 e. The average molecular weight is 432 g/mol. The summed E-state index contributed by atoms with van der Waals surface area (Å²) in [5, 5.41) is 6.73. The molecule has 4 nitrogen and oxygen atoms in total. The highest BCUT2D eigenvalue weighted by molar-refractivity contribution is 14.0. The Morgan fingerprint density at radius 2 is 1.83 bits per heavy atom. The predicted octanol–water partition coefficient (Wildman–Crippen LogP) is 3.48. The van der Waals surface area contributed by atoms with Crippen LogP contribution in [-0.2, 0) is 6.54 Å². The molecule has 0 spiro atoms. The van der Waals surface area contributed by atoms with Gasteiger partial charge in [0.05, 0.1) is 0 Å². The van der Waals surface area contributed by atoms with Crippen LogP contribution >= 0.6 is 24.0 Å². The molecule has 23 heavy (non-hydrogen) atoms. The number of aliphatic imine (C=N–C) groups is 1. The Kier molecular flexibility index (Phi) is 13.1. The Labute approximate surface area is 159 Å². The Morgan fingerprint density at radius 1 is 1.17 bits per heavy atom. The van der Waals surface area contributed by atoms with E-state index in [-0.39, 0.29) is 24.0 Å². The molecule has 1 aromatic rings. The molecule has 0 aliphatic rings. The number of guanidine groups is 1. The molecule has 1 atom stereocenters. The van der Waals surface area contributed by atoms with Crippen LogP contribution in [-0.4, -0.2) is 44.1 Å². The van der Waals surface area contributed by atoms with Crippen LogP contribution in [0.25, 0.3) is 0 Å². The van der Waals surface area contributed by atoms with Gasteiger partial charge in [0.15, 0.2) is 5.96 Å². The van der Waals surface area contributed by atoms with E-state index in [9.17, 15) is 0 Å². The van der Waals surface area contributed by atoms with E-state index in [2.05, 4.69) is 71.8 Å². The first-order chi connectivity index (χ1) is 10.7. The first kappa shape index (κ1) is 22.2. The second-order valence-electron chi connectivity index (χ2n) is 5.82. The topological polar surface area (TPSA) is 39.7 Å². The van der Waals surface area contributed by atoms with Crippen LogP contribution in [0.5, 0.6) is 0 Å². The van der Waals surface area contributed by atoms with Crippen molar-refractivity contribution in [1.82, 2.24) is 15.5 Å².